The summed E-state index contributed by atoms with van der Waals surface area (Å²) < 4.78 is 0. The molecule has 0 radical (unpaired) electrons. The fourth-order valence-electron chi connectivity index (χ4n) is 0.878. The van der Waals surface area contributed by atoms with Gasteiger partial charge >= 0.3 is 0 Å². The Hall–Kier alpha value is -0.150. The molecule has 13 heavy (non-hydrogen) atoms. The molecule has 0 N–H and O–H groups in total. The van der Waals surface area contributed by atoms with Gasteiger partial charge in [-0.25, -0.2) is 0 Å². The molecule has 1 nitrogen and oxygen atoms in total. The normalized spacial score (nSPS) is 12.1. The average molecular weight is 216 g/mol. The smallest absolute Gasteiger partial charge is 0.222 e. The number of thiol groups is 2. The maximum atomic E-state index is 10.8. The van der Waals surface area contributed by atoms with E-state index in [-0.39, 0.29) is 5.12 Å². The molecule has 0 unspecified atom stereocenters. The molecule has 0 amide bonds. The zero-order valence-corrected chi connectivity index (χ0v) is 10.1. The molecule has 0 bridgehead atoms. The Bertz CT molecular complexity index is 248. The summed E-state index contributed by atoms with van der Waals surface area (Å²) in [4.78, 5) is 11.3. The van der Waals surface area contributed by atoms with Gasteiger partial charge in [0.05, 0.1) is 4.91 Å². The van der Waals surface area contributed by atoms with Crippen LogP contribution in [0, 0.1) is 0 Å². The van der Waals surface area contributed by atoms with Gasteiger partial charge in [0.2, 0.25) is 5.12 Å². The summed E-state index contributed by atoms with van der Waals surface area (Å²) in [6.45, 7) is 6.03. The summed E-state index contributed by atoms with van der Waals surface area (Å²) in [7, 11) is 0. The Balaban J connectivity index is 4.15. The lowest BCUT2D eigenvalue weighted by Crippen LogP contribution is -1.90. The van der Waals surface area contributed by atoms with Gasteiger partial charge in [-0.1, -0.05) is 29.9 Å². The van der Waals surface area contributed by atoms with Crippen LogP contribution in [0.4, 0.5) is 0 Å². The van der Waals surface area contributed by atoms with Crippen LogP contribution in [0.25, 0.3) is 0 Å². The van der Waals surface area contributed by atoms with Crippen molar-refractivity contribution in [1.29, 1.82) is 0 Å². The van der Waals surface area contributed by atoms with Crippen molar-refractivity contribution in [3.63, 3.8) is 0 Å². The SMILES string of the molecule is CC(C)=CCC/C(C)=C(/S)C(=O)S. The summed E-state index contributed by atoms with van der Waals surface area (Å²) in [5.74, 6) is 0. The maximum Gasteiger partial charge on any atom is 0.222 e. The van der Waals surface area contributed by atoms with Crippen molar-refractivity contribution in [3.05, 3.63) is 22.1 Å². The molecule has 0 spiro atoms. The van der Waals surface area contributed by atoms with Crippen molar-refractivity contribution in [3.8, 4) is 0 Å². The molecule has 0 aromatic heterocycles. The van der Waals surface area contributed by atoms with E-state index >= 15 is 0 Å². The minimum Gasteiger partial charge on any atom is -0.281 e. The molecule has 0 aromatic carbocycles. The fraction of sp³-hybridized carbons (Fsp3) is 0.500. The molecule has 0 aliphatic carbocycles. The first kappa shape index (κ1) is 12.8. The summed E-state index contributed by atoms with van der Waals surface area (Å²) in [5.41, 5.74) is 2.30. The molecule has 0 aromatic rings. The second-order valence-electron chi connectivity index (χ2n) is 3.25. The predicted octanol–water partition coefficient (Wildman–Crippen LogP) is 3.39. The van der Waals surface area contributed by atoms with Crippen LogP contribution in [-0.2, 0) is 4.79 Å². The van der Waals surface area contributed by atoms with E-state index < -0.39 is 0 Å². The van der Waals surface area contributed by atoms with Crippen molar-refractivity contribution in [1.82, 2.24) is 0 Å². The molecule has 3 heteroatoms. The van der Waals surface area contributed by atoms with E-state index in [2.05, 4.69) is 45.2 Å². The van der Waals surface area contributed by atoms with E-state index in [1.807, 2.05) is 6.92 Å². The number of carbonyl (C=O) groups is 1. The zero-order valence-electron chi connectivity index (χ0n) is 8.29. The first-order valence-electron chi connectivity index (χ1n) is 4.20. The average Bonchev–Trinajstić information content (AvgIpc) is 2.02. The van der Waals surface area contributed by atoms with E-state index in [1.165, 1.54) is 5.57 Å². The Morgan fingerprint density at radius 1 is 1.23 bits per heavy atom. The van der Waals surface area contributed by atoms with E-state index in [0.29, 0.717) is 4.91 Å². The second kappa shape index (κ2) is 6.33. The lowest BCUT2D eigenvalue weighted by atomic mass is 10.1. The molecule has 0 aliphatic heterocycles. The molecule has 0 aliphatic rings. The van der Waals surface area contributed by atoms with Crippen molar-refractivity contribution in [2.75, 3.05) is 0 Å². The minimum absolute atomic E-state index is 0.252. The van der Waals surface area contributed by atoms with Crippen LogP contribution < -0.4 is 0 Å². The van der Waals surface area contributed by atoms with Crippen LogP contribution in [0.2, 0.25) is 0 Å². The third-order valence-corrected chi connectivity index (χ3v) is 2.66. The molecule has 0 saturated carbocycles. The largest absolute Gasteiger partial charge is 0.281 e. The van der Waals surface area contributed by atoms with Gasteiger partial charge < -0.3 is 0 Å². The van der Waals surface area contributed by atoms with Gasteiger partial charge in [-0.2, -0.15) is 0 Å². The van der Waals surface area contributed by atoms with Gasteiger partial charge in [-0.15, -0.1) is 12.6 Å². The Morgan fingerprint density at radius 2 is 1.77 bits per heavy atom. The molecule has 0 atom stereocenters. The van der Waals surface area contributed by atoms with E-state index in [0.717, 1.165) is 18.4 Å². The number of rotatable bonds is 4. The summed E-state index contributed by atoms with van der Waals surface area (Å²) in [5, 5.41) is -0.252. The van der Waals surface area contributed by atoms with Crippen molar-refractivity contribution < 1.29 is 4.79 Å². The number of carbonyl (C=O) groups excluding carboxylic acids is 1. The molecule has 0 rings (SSSR count). The second-order valence-corrected chi connectivity index (χ2v) is 4.11. The minimum atomic E-state index is -0.252. The highest BCUT2D eigenvalue weighted by Gasteiger charge is 2.02. The van der Waals surface area contributed by atoms with E-state index in [9.17, 15) is 4.79 Å². The van der Waals surface area contributed by atoms with Gasteiger partial charge in [-0.05, 0) is 33.6 Å². The fourth-order valence-corrected chi connectivity index (χ4v) is 1.18. The Morgan fingerprint density at radius 3 is 2.15 bits per heavy atom. The highest BCUT2D eigenvalue weighted by atomic mass is 32.1. The molecule has 0 saturated heterocycles. The van der Waals surface area contributed by atoms with Crippen LogP contribution in [0.1, 0.15) is 33.6 Å². The number of hydrogen-bond acceptors (Lipinski definition) is 2. The predicted molar refractivity (Wildman–Crippen MR) is 64.3 cm³/mol. The first-order chi connectivity index (χ1) is 5.95. The summed E-state index contributed by atoms with van der Waals surface area (Å²) in [6, 6.07) is 0. The summed E-state index contributed by atoms with van der Waals surface area (Å²) in [6.07, 6.45) is 3.98. The van der Waals surface area contributed by atoms with E-state index in [1.54, 1.807) is 0 Å². The number of hydrogen-bond donors (Lipinski definition) is 2. The van der Waals surface area contributed by atoms with Crippen molar-refractivity contribution >= 4 is 30.4 Å². The number of allylic oxidation sites excluding steroid dienone is 3. The third kappa shape index (κ3) is 5.99. The lowest BCUT2D eigenvalue weighted by Gasteiger charge is -2.01. The summed E-state index contributed by atoms with van der Waals surface area (Å²) >= 11 is 7.78. The van der Waals surface area contributed by atoms with Gasteiger partial charge in [0.15, 0.2) is 0 Å². The first-order valence-corrected chi connectivity index (χ1v) is 5.10. The van der Waals surface area contributed by atoms with Crippen LogP contribution >= 0.6 is 25.3 Å². The molecular formula is C10H16OS2. The quantitative estimate of drug-likeness (QED) is 0.418. The van der Waals surface area contributed by atoms with Crippen molar-refractivity contribution in [2.24, 2.45) is 0 Å². The molecular weight excluding hydrogens is 200 g/mol. The monoisotopic (exact) mass is 216 g/mol. The van der Waals surface area contributed by atoms with Gasteiger partial charge in [-0.3, -0.25) is 4.79 Å². The Labute approximate surface area is 91.1 Å². The topological polar surface area (TPSA) is 17.1 Å². The molecule has 74 valence electrons. The molecule has 0 fully saturated rings. The zero-order chi connectivity index (χ0) is 10.4. The highest BCUT2D eigenvalue weighted by Crippen LogP contribution is 2.16. The van der Waals surface area contributed by atoms with Crippen molar-refractivity contribution in [2.45, 2.75) is 33.6 Å². The van der Waals surface area contributed by atoms with Crippen LogP contribution in [-0.4, -0.2) is 5.12 Å². The van der Waals surface area contributed by atoms with Crippen LogP contribution in [0.15, 0.2) is 22.1 Å². The van der Waals surface area contributed by atoms with Gasteiger partial charge in [0.1, 0.15) is 0 Å². The standard InChI is InChI=1S/C10H16OS2/c1-7(2)5-4-6-8(3)9(12)10(11)13/h5,12H,4,6H2,1-3H3,(H,11,13)/b9-8+. The van der Waals surface area contributed by atoms with Crippen LogP contribution in [0.3, 0.4) is 0 Å². The Kier molecular flexibility index (Phi) is 6.25. The maximum absolute atomic E-state index is 10.8. The molecule has 0 heterocycles. The highest BCUT2D eigenvalue weighted by molar-refractivity contribution is 8.01. The van der Waals surface area contributed by atoms with Crippen LogP contribution in [0.5, 0.6) is 0 Å². The van der Waals surface area contributed by atoms with Gasteiger partial charge in [0.25, 0.3) is 0 Å². The lowest BCUT2D eigenvalue weighted by molar-refractivity contribution is -0.107. The van der Waals surface area contributed by atoms with Gasteiger partial charge in [0, 0.05) is 0 Å². The third-order valence-electron chi connectivity index (χ3n) is 1.68. The van der Waals surface area contributed by atoms with E-state index in [4.69, 9.17) is 0 Å².